The van der Waals surface area contributed by atoms with Gasteiger partial charge in [0.25, 0.3) is 5.91 Å². The summed E-state index contributed by atoms with van der Waals surface area (Å²) in [5.41, 5.74) is 2.39. The minimum absolute atomic E-state index is 0.0102. The second kappa shape index (κ2) is 6.33. The molecule has 0 aromatic carbocycles. The third kappa shape index (κ3) is 2.81. The molecule has 1 amide bonds. The number of carbonyl (C=O) groups excluding carboxylic acids is 1. The Hall–Kier alpha value is -2.25. The molecule has 2 N–H and O–H groups in total. The smallest absolute Gasteiger partial charge is 0.253 e. The quantitative estimate of drug-likeness (QED) is 0.900. The number of H-pyrrole nitrogens is 1. The van der Waals surface area contributed by atoms with Gasteiger partial charge in [-0.3, -0.25) is 9.78 Å². The van der Waals surface area contributed by atoms with E-state index in [0.29, 0.717) is 43.2 Å². The van der Waals surface area contributed by atoms with Crippen LogP contribution in [0.1, 0.15) is 28.4 Å². The van der Waals surface area contributed by atoms with Crippen LogP contribution in [0, 0.1) is 5.82 Å². The van der Waals surface area contributed by atoms with Gasteiger partial charge in [-0.25, -0.2) is 4.39 Å². The van der Waals surface area contributed by atoms with Crippen molar-refractivity contribution in [2.45, 2.75) is 18.4 Å². The lowest BCUT2D eigenvalue weighted by Crippen LogP contribution is -2.38. The van der Waals surface area contributed by atoms with E-state index < -0.39 is 5.82 Å². The number of aromatic amines is 1. The lowest BCUT2D eigenvalue weighted by molar-refractivity contribution is -0.0928. The lowest BCUT2D eigenvalue weighted by atomic mass is 9.92. The van der Waals surface area contributed by atoms with Gasteiger partial charge in [0, 0.05) is 35.6 Å². The maximum Gasteiger partial charge on any atom is 0.253 e. The van der Waals surface area contributed by atoms with Crippen molar-refractivity contribution in [3.63, 3.8) is 0 Å². The Balaban J connectivity index is 1.64. The predicted molar refractivity (Wildman–Crippen MR) is 84.2 cm³/mol. The van der Waals surface area contributed by atoms with Crippen LogP contribution in [0.5, 0.6) is 0 Å². The highest BCUT2D eigenvalue weighted by Gasteiger charge is 2.31. The minimum Gasteiger partial charge on any atom is -0.376 e. The van der Waals surface area contributed by atoms with Crippen molar-refractivity contribution < 1.29 is 18.7 Å². The zero-order valence-electron chi connectivity index (χ0n) is 13.0. The number of carbonyl (C=O) groups is 1. The molecule has 1 saturated heterocycles. The first-order valence-electron chi connectivity index (χ1n) is 8.02. The number of ether oxygens (including phenoxy) is 2. The van der Waals surface area contributed by atoms with Crippen LogP contribution in [0.15, 0.2) is 24.5 Å². The van der Waals surface area contributed by atoms with E-state index in [0.717, 1.165) is 12.1 Å². The van der Waals surface area contributed by atoms with Crippen LogP contribution in [-0.2, 0) is 9.47 Å². The Bertz CT molecular complexity index is 755. The second-order valence-electron chi connectivity index (χ2n) is 6.08. The van der Waals surface area contributed by atoms with Crippen molar-refractivity contribution in [3.05, 3.63) is 41.6 Å². The van der Waals surface area contributed by atoms with Crippen LogP contribution in [0.3, 0.4) is 0 Å². The average Bonchev–Trinajstić information content (AvgIpc) is 3.05. The van der Waals surface area contributed by atoms with Crippen LogP contribution in [-0.4, -0.2) is 48.3 Å². The molecule has 2 aliphatic rings. The minimum atomic E-state index is -0.419. The first-order chi connectivity index (χ1) is 11.7. The van der Waals surface area contributed by atoms with E-state index in [9.17, 15) is 9.18 Å². The number of aromatic nitrogens is 2. The SMILES string of the molecule is O=C1NCC(CC2COCCO2)c2[nH]c(-c3ccncc3F)cc21. The van der Waals surface area contributed by atoms with Gasteiger partial charge in [-0.05, 0) is 18.6 Å². The largest absolute Gasteiger partial charge is 0.376 e. The number of nitrogens with zero attached hydrogens (tertiary/aromatic N) is 1. The summed E-state index contributed by atoms with van der Waals surface area (Å²) in [6.07, 6.45) is 3.45. The molecular weight excluding hydrogens is 313 g/mol. The van der Waals surface area contributed by atoms with Crippen molar-refractivity contribution >= 4 is 5.91 Å². The van der Waals surface area contributed by atoms with Crippen LogP contribution >= 0.6 is 0 Å². The van der Waals surface area contributed by atoms with Crippen LogP contribution < -0.4 is 5.32 Å². The number of hydrogen-bond acceptors (Lipinski definition) is 4. The zero-order valence-corrected chi connectivity index (χ0v) is 13.0. The van der Waals surface area contributed by atoms with Gasteiger partial charge in [0.05, 0.1) is 37.7 Å². The molecule has 0 spiro atoms. The summed E-state index contributed by atoms with van der Waals surface area (Å²) in [6, 6.07) is 3.30. The highest BCUT2D eigenvalue weighted by atomic mass is 19.1. The molecule has 1 fully saturated rings. The molecule has 4 rings (SSSR count). The molecule has 0 bridgehead atoms. The Kier molecular flexibility index (Phi) is 4.03. The van der Waals surface area contributed by atoms with Crippen molar-refractivity contribution in [1.29, 1.82) is 0 Å². The number of pyridine rings is 1. The summed E-state index contributed by atoms with van der Waals surface area (Å²) >= 11 is 0. The van der Waals surface area contributed by atoms with Gasteiger partial charge in [0.1, 0.15) is 0 Å². The molecule has 2 unspecified atom stereocenters. The van der Waals surface area contributed by atoms with Crippen molar-refractivity contribution in [2.75, 3.05) is 26.4 Å². The molecule has 4 heterocycles. The van der Waals surface area contributed by atoms with E-state index in [4.69, 9.17) is 9.47 Å². The average molecular weight is 331 g/mol. The maximum atomic E-state index is 14.0. The normalized spacial score (nSPS) is 23.6. The molecule has 2 atom stereocenters. The van der Waals surface area contributed by atoms with E-state index >= 15 is 0 Å². The number of nitrogens with one attached hydrogen (secondary N) is 2. The van der Waals surface area contributed by atoms with Gasteiger partial charge in [-0.2, -0.15) is 0 Å². The number of halogens is 1. The highest BCUT2D eigenvalue weighted by molar-refractivity contribution is 5.98. The summed E-state index contributed by atoms with van der Waals surface area (Å²) in [7, 11) is 0. The molecule has 2 aromatic heterocycles. The van der Waals surface area contributed by atoms with Gasteiger partial charge in [-0.15, -0.1) is 0 Å². The molecular formula is C17H18FN3O3. The molecule has 24 heavy (non-hydrogen) atoms. The van der Waals surface area contributed by atoms with Crippen molar-refractivity contribution in [1.82, 2.24) is 15.3 Å². The van der Waals surface area contributed by atoms with E-state index in [1.807, 2.05) is 0 Å². The Morgan fingerprint density at radius 1 is 1.33 bits per heavy atom. The molecule has 0 radical (unpaired) electrons. The number of fused-ring (bicyclic) bond motifs is 1. The van der Waals surface area contributed by atoms with Crippen LogP contribution in [0.25, 0.3) is 11.3 Å². The zero-order chi connectivity index (χ0) is 16.5. The third-order valence-corrected chi connectivity index (χ3v) is 4.51. The first-order valence-corrected chi connectivity index (χ1v) is 8.02. The molecule has 7 heteroatoms. The van der Waals surface area contributed by atoms with Crippen LogP contribution in [0.4, 0.5) is 4.39 Å². The Morgan fingerprint density at radius 2 is 2.25 bits per heavy atom. The molecule has 2 aromatic rings. The summed E-state index contributed by atoms with van der Waals surface area (Å²) in [4.78, 5) is 19.2. The van der Waals surface area contributed by atoms with Gasteiger partial charge in [0.2, 0.25) is 0 Å². The second-order valence-corrected chi connectivity index (χ2v) is 6.08. The maximum absolute atomic E-state index is 14.0. The number of hydrogen-bond donors (Lipinski definition) is 2. The monoisotopic (exact) mass is 331 g/mol. The Morgan fingerprint density at radius 3 is 3.04 bits per heavy atom. The van der Waals surface area contributed by atoms with E-state index in [2.05, 4.69) is 15.3 Å². The summed E-state index contributed by atoms with van der Waals surface area (Å²) < 4.78 is 25.1. The molecule has 0 saturated carbocycles. The topological polar surface area (TPSA) is 76.2 Å². The van der Waals surface area contributed by atoms with Gasteiger partial charge < -0.3 is 19.8 Å². The fraction of sp³-hybridized carbons (Fsp3) is 0.412. The fourth-order valence-corrected chi connectivity index (χ4v) is 3.32. The van der Waals surface area contributed by atoms with Gasteiger partial charge in [-0.1, -0.05) is 0 Å². The predicted octanol–water partition coefficient (Wildman–Crippen LogP) is 1.85. The fourth-order valence-electron chi connectivity index (χ4n) is 3.32. The summed E-state index contributed by atoms with van der Waals surface area (Å²) in [6.45, 7) is 2.31. The summed E-state index contributed by atoms with van der Waals surface area (Å²) in [5, 5.41) is 2.90. The summed E-state index contributed by atoms with van der Waals surface area (Å²) in [5.74, 6) is -0.473. The third-order valence-electron chi connectivity index (χ3n) is 4.51. The van der Waals surface area contributed by atoms with Crippen molar-refractivity contribution in [3.8, 4) is 11.3 Å². The standard InChI is InChI=1S/C17H18FN3O3/c18-14-8-19-2-1-12(14)15-6-13-16(21-15)10(7-20-17(13)22)5-11-9-23-3-4-24-11/h1-2,6,8,10-11,21H,3-5,7,9H2,(H,20,22). The van der Waals surface area contributed by atoms with E-state index in [1.165, 1.54) is 12.4 Å². The Labute approximate surface area is 138 Å². The first kappa shape index (κ1) is 15.3. The molecule has 126 valence electrons. The number of amides is 1. The lowest BCUT2D eigenvalue weighted by Gasteiger charge is -2.29. The number of rotatable bonds is 3. The van der Waals surface area contributed by atoms with Gasteiger partial charge >= 0.3 is 0 Å². The van der Waals surface area contributed by atoms with Crippen LogP contribution in [0.2, 0.25) is 0 Å². The van der Waals surface area contributed by atoms with Crippen molar-refractivity contribution in [2.24, 2.45) is 0 Å². The van der Waals surface area contributed by atoms with E-state index in [1.54, 1.807) is 12.1 Å². The molecule has 2 aliphatic heterocycles. The molecule has 0 aliphatic carbocycles. The molecule has 6 nitrogen and oxygen atoms in total. The van der Waals surface area contributed by atoms with E-state index in [-0.39, 0.29) is 17.9 Å². The highest BCUT2D eigenvalue weighted by Crippen LogP contribution is 2.32. The van der Waals surface area contributed by atoms with Gasteiger partial charge in [0.15, 0.2) is 5.82 Å².